The fourth-order valence-corrected chi connectivity index (χ4v) is 1.51. The van der Waals surface area contributed by atoms with Crippen molar-refractivity contribution in [2.45, 2.75) is 31.6 Å². The molecule has 0 spiro atoms. The van der Waals surface area contributed by atoms with Gasteiger partial charge in [-0.15, -0.1) is 0 Å². The van der Waals surface area contributed by atoms with Gasteiger partial charge in [-0.1, -0.05) is 0 Å². The Bertz CT molecular complexity index is 248. The van der Waals surface area contributed by atoms with E-state index in [1.165, 1.54) is 0 Å². The van der Waals surface area contributed by atoms with E-state index in [9.17, 15) is 26.1 Å². The topological polar surface area (TPSA) is 57.2 Å². The number of hydrogen-bond donors (Lipinski definition) is 0. The molecule has 0 rings (SSSR count). The maximum absolute atomic E-state index is 12.7. The molecule has 0 N–H and O–H groups in total. The number of unbranched alkanes of at least 4 members (excludes halogenated alkanes) is 1. The van der Waals surface area contributed by atoms with E-state index in [0.717, 1.165) is 0 Å². The van der Waals surface area contributed by atoms with Crippen LogP contribution in [0.3, 0.4) is 0 Å². The maximum atomic E-state index is 12.7. The van der Waals surface area contributed by atoms with Gasteiger partial charge in [0.2, 0.25) is 0 Å². The van der Waals surface area contributed by atoms with Gasteiger partial charge in [0.15, 0.2) is 0 Å². The standard InChI is InChI=1S/C7H13F3O3S.Li/c8-4-2-1-3-6(9)7(10)5-14(11,12)13;/h6-7H,1-5H2,(H,11,12,13);/q;+1/p-1. The van der Waals surface area contributed by atoms with E-state index in [2.05, 4.69) is 0 Å². The van der Waals surface area contributed by atoms with Gasteiger partial charge in [0.25, 0.3) is 0 Å². The van der Waals surface area contributed by atoms with Crippen LogP contribution in [0.1, 0.15) is 19.3 Å². The summed E-state index contributed by atoms with van der Waals surface area (Å²) < 4.78 is 67.1. The molecule has 0 aliphatic heterocycles. The van der Waals surface area contributed by atoms with Crippen molar-refractivity contribution in [2.24, 2.45) is 0 Å². The van der Waals surface area contributed by atoms with Crippen molar-refractivity contribution in [3.63, 3.8) is 0 Å². The quantitative estimate of drug-likeness (QED) is 0.304. The summed E-state index contributed by atoms with van der Waals surface area (Å²) in [6.45, 7) is -0.622. The first-order chi connectivity index (χ1) is 6.37. The molecule has 0 fully saturated rings. The molecule has 0 aromatic rings. The minimum absolute atomic E-state index is 0. The van der Waals surface area contributed by atoms with Crippen molar-refractivity contribution in [2.75, 3.05) is 12.4 Å². The fourth-order valence-electron chi connectivity index (χ4n) is 0.914. The fraction of sp³-hybridized carbons (Fsp3) is 1.00. The molecule has 2 atom stereocenters. The summed E-state index contributed by atoms with van der Waals surface area (Å²) in [5, 5.41) is 0. The summed E-state index contributed by atoms with van der Waals surface area (Å²) in [5.74, 6) is -1.36. The molecule has 0 saturated carbocycles. The maximum Gasteiger partial charge on any atom is 1.00 e. The van der Waals surface area contributed by atoms with Crippen molar-refractivity contribution in [1.82, 2.24) is 0 Å². The molecule has 3 nitrogen and oxygen atoms in total. The molecule has 0 aromatic carbocycles. The summed E-state index contributed by atoms with van der Waals surface area (Å²) in [6, 6.07) is 0. The second kappa shape index (κ2) is 8.45. The van der Waals surface area contributed by atoms with E-state index in [1.807, 2.05) is 0 Å². The molecular weight excluding hydrogens is 228 g/mol. The van der Waals surface area contributed by atoms with Gasteiger partial charge < -0.3 is 4.55 Å². The van der Waals surface area contributed by atoms with Crippen LogP contribution in [-0.2, 0) is 10.1 Å². The minimum atomic E-state index is -4.74. The molecule has 86 valence electrons. The van der Waals surface area contributed by atoms with Crippen molar-refractivity contribution < 1.29 is 45.0 Å². The Morgan fingerprint density at radius 1 is 1.13 bits per heavy atom. The average molecular weight is 240 g/mol. The van der Waals surface area contributed by atoms with E-state index >= 15 is 0 Å². The third-order valence-corrected chi connectivity index (χ3v) is 2.35. The van der Waals surface area contributed by atoms with Crippen LogP contribution < -0.4 is 18.9 Å². The van der Waals surface area contributed by atoms with E-state index in [1.54, 1.807) is 0 Å². The zero-order chi connectivity index (χ0) is 11.2. The molecule has 0 bridgehead atoms. The second-order valence-corrected chi connectivity index (χ2v) is 4.39. The molecule has 0 aliphatic carbocycles. The van der Waals surface area contributed by atoms with Gasteiger partial charge in [-0.3, -0.25) is 4.39 Å². The number of hydrogen-bond acceptors (Lipinski definition) is 3. The van der Waals surface area contributed by atoms with Crippen LogP contribution in [0.15, 0.2) is 0 Å². The van der Waals surface area contributed by atoms with Crippen LogP contribution in [0.25, 0.3) is 0 Å². The zero-order valence-electron chi connectivity index (χ0n) is 8.46. The van der Waals surface area contributed by atoms with Gasteiger partial charge >= 0.3 is 18.9 Å². The zero-order valence-corrected chi connectivity index (χ0v) is 9.27. The van der Waals surface area contributed by atoms with Gasteiger partial charge in [-0.2, -0.15) is 0 Å². The van der Waals surface area contributed by atoms with E-state index in [0.29, 0.717) is 0 Å². The van der Waals surface area contributed by atoms with Crippen molar-refractivity contribution >= 4 is 10.1 Å². The molecule has 0 aliphatic rings. The van der Waals surface area contributed by atoms with E-state index in [4.69, 9.17) is 0 Å². The molecule has 0 radical (unpaired) electrons. The molecule has 0 heterocycles. The van der Waals surface area contributed by atoms with Crippen molar-refractivity contribution in [1.29, 1.82) is 0 Å². The number of halogens is 3. The SMILES string of the molecule is O=S(=O)([O-])CC(F)C(F)CCCCF.[Li+]. The molecular formula is C7H12F3LiO3S. The van der Waals surface area contributed by atoms with Gasteiger partial charge in [-0.25, -0.2) is 17.2 Å². The average Bonchev–Trinajstić information content (AvgIpc) is 2.01. The molecule has 0 aromatic heterocycles. The Morgan fingerprint density at radius 2 is 1.67 bits per heavy atom. The van der Waals surface area contributed by atoms with Crippen LogP contribution in [0.4, 0.5) is 13.2 Å². The smallest absolute Gasteiger partial charge is 0.748 e. The Kier molecular flexibility index (Phi) is 9.96. The molecule has 0 amide bonds. The molecule has 2 unspecified atom stereocenters. The summed E-state index contributed by atoms with van der Waals surface area (Å²) in [5.41, 5.74) is 0. The largest absolute Gasteiger partial charge is 1.00 e. The Morgan fingerprint density at radius 3 is 2.07 bits per heavy atom. The summed E-state index contributed by atoms with van der Waals surface area (Å²) in [4.78, 5) is 0. The monoisotopic (exact) mass is 240 g/mol. The van der Waals surface area contributed by atoms with Gasteiger partial charge in [0.05, 0.1) is 22.5 Å². The number of alkyl halides is 3. The first-order valence-corrected chi connectivity index (χ1v) is 5.72. The normalized spacial score (nSPS) is 15.5. The van der Waals surface area contributed by atoms with E-state index in [-0.39, 0.29) is 38.1 Å². The van der Waals surface area contributed by atoms with Crippen LogP contribution in [0, 0.1) is 0 Å². The van der Waals surface area contributed by atoms with E-state index < -0.39 is 34.9 Å². The Hall–Kier alpha value is 0.297. The molecule has 15 heavy (non-hydrogen) atoms. The summed E-state index contributed by atoms with van der Waals surface area (Å²) >= 11 is 0. The predicted molar refractivity (Wildman–Crippen MR) is 44.2 cm³/mol. The number of rotatable bonds is 7. The first-order valence-electron chi connectivity index (χ1n) is 4.14. The molecule has 8 heteroatoms. The third-order valence-electron chi connectivity index (χ3n) is 1.62. The predicted octanol–water partition coefficient (Wildman–Crippen LogP) is -1.65. The first kappa shape index (κ1) is 17.7. The van der Waals surface area contributed by atoms with Gasteiger partial charge in [0, 0.05) is 0 Å². The van der Waals surface area contributed by atoms with Crippen LogP contribution in [0.5, 0.6) is 0 Å². The van der Waals surface area contributed by atoms with Gasteiger partial charge in [0.1, 0.15) is 12.3 Å². The van der Waals surface area contributed by atoms with Crippen molar-refractivity contribution in [3.8, 4) is 0 Å². The van der Waals surface area contributed by atoms with Crippen LogP contribution in [0.2, 0.25) is 0 Å². The van der Waals surface area contributed by atoms with Gasteiger partial charge in [-0.05, 0) is 19.3 Å². The Balaban J connectivity index is 0. The van der Waals surface area contributed by atoms with Crippen molar-refractivity contribution in [3.05, 3.63) is 0 Å². The van der Waals surface area contributed by atoms with Crippen LogP contribution in [-0.4, -0.2) is 37.7 Å². The minimum Gasteiger partial charge on any atom is -0.748 e. The second-order valence-electron chi connectivity index (χ2n) is 2.94. The summed E-state index contributed by atoms with van der Waals surface area (Å²) in [6.07, 6.45) is -4.34. The third kappa shape index (κ3) is 10.6. The molecule has 0 saturated heterocycles. The Labute approximate surface area is 99.4 Å². The van der Waals surface area contributed by atoms with Crippen LogP contribution >= 0.6 is 0 Å². The summed E-state index contributed by atoms with van der Waals surface area (Å²) in [7, 11) is -4.74.